The summed E-state index contributed by atoms with van der Waals surface area (Å²) >= 11 is 0. The van der Waals surface area contributed by atoms with Gasteiger partial charge in [0.25, 0.3) is 0 Å². The average Bonchev–Trinajstić information content (AvgIpc) is 2.63. The highest BCUT2D eigenvalue weighted by atomic mass is 19.3. The molecule has 0 radical (unpaired) electrons. The van der Waals surface area contributed by atoms with E-state index in [0.29, 0.717) is 16.9 Å². The second-order valence-corrected chi connectivity index (χ2v) is 6.07. The van der Waals surface area contributed by atoms with Gasteiger partial charge >= 0.3 is 6.61 Å². The fourth-order valence-electron chi connectivity index (χ4n) is 2.50. The Morgan fingerprint density at radius 2 is 1.83 bits per heavy atom. The van der Waals surface area contributed by atoms with Gasteiger partial charge in [-0.3, -0.25) is 9.59 Å². The monoisotopic (exact) mass is 404 g/mol. The molecule has 0 aliphatic heterocycles. The van der Waals surface area contributed by atoms with Crippen LogP contribution in [0.15, 0.2) is 42.5 Å². The van der Waals surface area contributed by atoms with Crippen molar-refractivity contribution in [3.63, 3.8) is 0 Å². The van der Waals surface area contributed by atoms with Crippen LogP contribution in [0.1, 0.15) is 25.0 Å². The third-order valence-electron chi connectivity index (χ3n) is 3.65. The van der Waals surface area contributed by atoms with E-state index in [1.165, 1.54) is 37.3 Å². The normalized spacial score (nSPS) is 10.8. The van der Waals surface area contributed by atoms with Crippen molar-refractivity contribution in [3.05, 3.63) is 53.6 Å². The van der Waals surface area contributed by atoms with Crippen molar-refractivity contribution in [2.24, 2.45) is 0 Å². The molecular formula is C21H22F2N2O4. The smallest absolute Gasteiger partial charge is 0.387 e. The molecule has 0 unspecified atom stereocenters. The van der Waals surface area contributed by atoms with Gasteiger partial charge in [-0.2, -0.15) is 8.78 Å². The molecule has 2 rings (SSSR count). The first-order valence-electron chi connectivity index (χ1n) is 8.87. The van der Waals surface area contributed by atoms with Crippen LogP contribution in [0.2, 0.25) is 0 Å². The summed E-state index contributed by atoms with van der Waals surface area (Å²) < 4.78 is 34.7. The zero-order chi connectivity index (χ0) is 21.4. The number of carbonyl (C=O) groups is 2. The number of rotatable bonds is 8. The molecule has 0 bridgehead atoms. The van der Waals surface area contributed by atoms with E-state index in [9.17, 15) is 18.4 Å². The van der Waals surface area contributed by atoms with Crippen molar-refractivity contribution in [3.8, 4) is 11.5 Å². The van der Waals surface area contributed by atoms with Crippen molar-refractivity contribution in [2.75, 3.05) is 17.2 Å². The second-order valence-electron chi connectivity index (χ2n) is 6.07. The maximum atomic E-state index is 12.5. The Morgan fingerprint density at radius 1 is 1.07 bits per heavy atom. The van der Waals surface area contributed by atoms with Crippen LogP contribution in [0.25, 0.3) is 6.08 Å². The number of amides is 2. The Labute approximate surface area is 167 Å². The van der Waals surface area contributed by atoms with E-state index >= 15 is 0 Å². The molecule has 2 amide bonds. The molecule has 6 nitrogen and oxygen atoms in total. The minimum Gasteiger partial charge on any atom is -0.490 e. The lowest BCUT2D eigenvalue weighted by Crippen LogP contribution is -2.13. The third-order valence-corrected chi connectivity index (χ3v) is 3.65. The summed E-state index contributed by atoms with van der Waals surface area (Å²) in [5, 5.41) is 5.36. The molecule has 0 saturated carbocycles. The zero-order valence-electron chi connectivity index (χ0n) is 16.3. The van der Waals surface area contributed by atoms with Crippen molar-refractivity contribution in [1.82, 2.24) is 0 Å². The summed E-state index contributed by atoms with van der Waals surface area (Å²) in [7, 11) is 0. The molecule has 0 spiro atoms. The first kappa shape index (κ1) is 21.9. The summed E-state index contributed by atoms with van der Waals surface area (Å²) in [4.78, 5) is 23.6. The van der Waals surface area contributed by atoms with E-state index in [4.69, 9.17) is 4.74 Å². The molecule has 154 valence electrons. The predicted octanol–water partition coefficient (Wildman–Crippen LogP) is 4.61. The van der Waals surface area contributed by atoms with Crippen molar-refractivity contribution in [2.45, 2.75) is 27.4 Å². The topological polar surface area (TPSA) is 76.7 Å². The van der Waals surface area contributed by atoms with Gasteiger partial charge in [-0.15, -0.1) is 0 Å². The number of anilines is 2. The summed E-state index contributed by atoms with van der Waals surface area (Å²) in [5.41, 5.74) is 2.42. The second kappa shape index (κ2) is 10.2. The number of halogens is 2. The lowest BCUT2D eigenvalue weighted by atomic mass is 10.1. The lowest BCUT2D eigenvalue weighted by molar-refractivity contribution is -0.114. The SMILES string of the molecule is CCOc1cc(/C=C/C(=O)Nc2cc(C)ccc2NC(C)=O)ccc1OC(F)F. The third kappa shape index (κ3) is 6.91. The summed E-state index contributed by atoms with van der Waals surface area (Å²) in [6.07, 6.45) is 2.80. The predicted molar refractivity (Wildman–Crippen MR) is 107 cm³/mol. The van der Waals surface area contributed by atoms with E-state index in [2.05, 4.69) is 15.4 Å². The van der Waals surface area contributed by atoms with E-state index in [1.54, 1.807) is 19.1 Å². The van der Waals surface area contributed by atoms with Crippen LogP contribution < -0.4 is 20.1 Å². The molecule has 0 saturated heterocycles. The Bertz CT molecular complexity index is 914. The van der Waals surface area contributed by atoms with Gasteiger partial charge in [0.2, 0.25) is 11.8 Å². The molecule has 0 heterocycles. The maximum Gasteiger partial charge on any atom is 0.387 e. The van der Waals surface area contributed by atoms with Crippen LogP contribution in [-0.2, 0) is 9.59 Å². The van der Waals surface area contributed by atoms with Crippen LogP contribution in [0, 0.1) is 6.92 Å². The Kier molecular flexibility index (Phi) is 7.70. The van der Waals surface area contributed by atoms with Gasteiger partial charge < -0.3 is 20.1 Å². The molecule has 29 heavy (non-hydrogen) atoms. The highest BCUT2D eigenvalue weighted by Crippen LogP contribution is 2.30. The van der Waals surface area contributed by atoms with Crippen molar-refractivity contribution in [1.29, 1.82) is 0 Å². The fraction of sp³-hybridized carbons (Fsp3) is 0.238. The molecule has 0 atom stereocenters. The Balaban J connectivity index is 2.16. The first-order valence-corrected chi connectivity index (χ1v) is 8.87. The maximum absolute atomic E-state index is 12.5. The standard InChI is InChI=1S/C21H22F2N2O4/c1-4-28-19-12-15(6-9-18(19)29-21(22)23)7-10-20(27)25-17-11-13(2)5-8-16(17)24-14(3)26/h5-12,21H,4H2,1-3H3,(H,24,26)(H,25,27)/b10-7+. The lowest BCUT2D eigenvalue weighted by Gasteiger charge is -2.12. The fourth-order valence-corrected chi connectivity index (χ4v) is 2.50. The molecular weight excluding hydrogens is 382 g/mol. The van der Waals surface area contributed by atoms with E-state index < -0.39 is 12.5 Å². The number of hydrogen-bond donors (Lipinski definition) is 2. The van der Waals surface area contributed by atoms with Gasteiger partial charge in [-0.05, 0) is 55.3 Å². The molecule has 2 aromatic rings. The molecule has 2 N–H and O–H groups in total. The molecule has 0 aliphatic rings. The zero-order valence-corrected chi connectivity index (χ0v) is 16.3. The molecule has 0 aromatic heterocycles. The molecule has 8 heteroatoms. The minimum atomic E-state index is -2.96. The van der Waals surface area contributed by atoms with Crippen LogP contribution >= 0.6 is 0 Å². The molecule has 0 aliphatic carbocycles. The van der Waals surface area contributed by atoms with Gasteiger partial charge in [-0.25, -0.2) is 0 Å². The number of benzene rings is 2. The highest BCUT2D eigenvalue weighted by Gasteiger charge is 2.11. The summed E-state index contributed by atoms with van der Waals surface area (Å²) in [5.74, 6) is -0.604. The largest absolute Gasteiger partial charge is 0.490 e. The van der Waals surface area contributed by atoms with Crippen LogP contribution in [0.3, 0.4) is 0 Å². The Hall–Kier alpha value is -3.42. The molecule has 0 fully saturated rings. The van der Waals surface area contributed by atoms with Gasteiger partial charge in [0.15, 0.2) is 11.5 Å². The Morgan fingerprint density at radius 3 is 2.48 bits per heavy atom. The number of nitrogens with one attached hydrogen (secondary N) is 2. The van der Waals surface area contributed by atoms with Gasteiger partial charge in [0.1, 0.15) is 0 Å². The number of carbonyl (C=O) groups excluding carboxylic acids is 2. The van der Waals surface area contributed by atoms with Crippen LogP contribution in [0.4, 0.5) is 20.2 Å². The van der Waals surface area contributed by atoms with E-state index in [0.717, 1.165) is 5.56 Å². The molecule has 2 aromatic carbocycles. The van der Waals surface area contributed by atoms with Crippen LogP contribution in [-0.4, -0.2) is 25.0 Å². The van der Waals surface area contributed by atoms with Gasteiger partial charge in [-0.1, -0.05) is 12.1 Å². The van der Waals surface area contributed by atoms with Crippen molar-refractivity contribution < 1.29 is 27.8 Å². The van der Waals surface area contributed by atoms with Crippen molar-refractivity contribution >= 4 is 29.3 Å². The average molecular weight is 404 g/mol. The number of hydrogen-bond acceptors (Lipinski definition) is 4. The van der Waals surface area contributed by atoms with E-state index in [-0.39, 0.29) is 24.0 Å². The quantitative estimate of drug-likeness (QED) is 0.630. The first-order chi connectivity index (χ1) is 13.8. The van der Waals surface area contributed by atoms with Gasteiger partial charge in [0.05, 0.1) is 18.0 Å². The number of alkyl halides is 2. The van der Waals surface area contributed by atoms with Gasteiger partial charge in [0, 0.05) is 13.0 Å². The minimum absolute atomic E-state index is 0.0804. The summed E-state index contributed by atoms with van der Waals surface area (Å²) in [6.45, 7) is 2.27. The number of ether oxygens (including phenoxy) is 2. The highest BCUT2D eigenvalue weighted by molar-refractivity contribution is 6.05. The van der Waals surface area contributed by atoms with E-state index in [1.807, 2.05) is 13.0 Å². The van der Waals surface area contributed by atoms with Crippen LogP contribution in [0.5, 0.6) is 11.5 Å². The summed E-state index contributed by atoms with van der Waals surface area (Å²) in [6, 6.07) is 9.63. The number of aryl methyl sites for hydroxylation is 1.